The first kappa shape index (κ1) is 22.3. The Hall–Kier alpha value is -3.42. The van der Waals surface area contributed by atoms with Crippen molar-refractivity contribution in [2.45, 2.75) is 33.0 Å². The number of hydrogen-bond donors (Lipinski definition) is 1. The molecule has 0 saturated heterocycles. The molecule has 0 bridgehead atoms. The number of aromatic nitrogens is 2. The van der Waals surface area contributed by atoms with Crippen LogP contribution in [0.3, 0.4) is 0 Å². The van der Waals surface area contributed by atoms with Gasteiger partial charge in [0.15, 0.2) is 5.82 Å². The van der Waals surface area contributed by atoms with Gasteiger partial charge in [0.25, 0.3) is 5.91 Å². The Morgan fingerprint density at radius 2 is 1.74 bits per heavy atom. The number of carbonyl (C=O) groups is 1. The number of benzene rings is 2. The van der Waals surface area contributed by atoms with Crippen molar-refractivity contribution in [2.24, 2.45) is 0 Å². The number of ether oxygens (including phenoxy) is 1. The average molecular weight is 429 g/mol. The van der Waals surface area contributed by atoms with E-state index in [9.17, 15) is 18.0 Å². The van der Waals surface area contributed by atoms with Crippen LogP contribution in [0.2, 0.25) is 0 Å². The van der Waals surface area contributed by atoms with E-state index >= 15 is 0 Å². The number of nitrogens with one attached hydrogen (secondary N) is 1. The normalized spacial score (nSPS) is 11.3. The second kappa shape index (κ2) is 9.59. The number of halogens is 3. The second-order valence-electron chi connectivity index (χ2n) is 6.94. The molecule has 1 amide bonds. The van der Waals surface area contributed by atoms with Gasteiger partial charge in [-0.25, -0.2) is 9.97 Å². The van der Waals surface area contributed by atoms with Crippen LogP contribution in [0, 0.1) is 6.92 Å². The number of hydrogen-bond acceptors (Lipinski definition) is 4. The van der Waals surface area contributed by atoms with Crippen molar-refractivity contribution in [3.63, 3.8) is 0 Å². The lowest BCUT2D eigenvalue weighted by Crippen LogP contribution is -2.24. The van der Waals surface area contributed by atoms with Crippen LogP contribution in [0.25, 0.3) is 11.4 Å². The maximum absolute atomic E-state index is 12.7. The van der Waals surface area contributed by atoms with Crippen molar-refractivity contribution in [3.8, 4) is 17.1 Å². The minimum Gasteiger partial charge on any atom is -0.494 e. The highest BCUT2D eigenvalue weighted by Crippen LogP contribution is 2.30. The van der Waals surface area contributed by atoms with Crippen LogP contribution < -0.4 is 10.1 Å². The first-order chi connectivity index (χ1) is 14.8. The smallest absolute Gasteiger partial charge is 0.416 e. The van der Waals surface area contributed by atoms with Crippen LogP contribution in [0.15, 0.2) is 54.7 Å². The van der Waals surface area contributed by atoms with E-state index in [0.29, 0.717) is 30.0 Å². The molecule has 5 nitrogen and oxygen atoms in total. The Balaban J connectivity index is 1.64. The highest BCUT2D eigenvalue weighted by atomic mass is 19.4. The molecule has 3 rings (SSSR count). The van der Waals surface area contributed by atoms with Gasteiger partial charge in [-0.05, 0) is 43.2 Å². The number of rotatable bonds is 7. The van der Waals surface area contributed by atoms with Crippen molar-refractivity contribution in [2.75, 3.05) is 6.61 Å². The van der Waals surface area contributed by atoms with Crippen LogP contribution in [0.5, 0.6) is 5.75 Å². The fourth-order valence-electron chi connectivity index (χ4n) is 2.84. The summed E-state index contributed by atoms with van der Waals surface area (Å²) in [5, 5.41) is 2.82. The lowest BCUT2D eigenvalue weighted by Gasteiger charge is -2.10. The molecule has 1 heterocycles. The molecule has 0 saturated carbocycles. The summed E-state index contributed by atoms with van der Waals surface area (Å²) in [7, 11) is 0. The van der Waals surface area contributed by atoms with Gasteiger partial charge < -0.3 is 10.1 Å². The van der Waals surface area contributed by atoms with E-state index in [1.54, 1.807) is 6.92 Å². The molecule has 0 aliphatic carbocycles. The minimum absolute atomic E-state index is 0.255. The Labute approximate surface area is 178 Å². The predicted molar refractivity (Wildman–Crippen MR) is 111 cm³/mol. The number of nitrogens with zero attached hydrogens (tertiary/aromatic N) is 2. The summed E-state index contributed by atoms with van der Waals surface area (Å²) in [4.78, 5) is 20.9. The van der Waals surface area contributed by atoms with Gasteiger partial charge in [0, 0.05) is 18.3 Å². The lowest BCUT2D eigenvalue weighted by molar-refractivity contribution is -0.137. The Bertz CT molecular complexity index is 1030. The van der Waals surface area contributed by atoms with Gasteiger partial charge in [0.1, 0.15) is 5.75 Å². The maximum atomic E-state index is 12.7. The Kier molecular flexibility index (Phi) is 6.89. The zero-order valence-corrected chi connectivity index (χ0v) is 17.2. The fraction of sp³-hybridized carbons (Fsp3) is 0.261. The van der Waals surface area contributed by atoms with Crippen molar-refractivity contribution in [1.82, 2.24) is 15.3 Å². The van der Waals surface area contributed by atoms with Crippen LogP contribution in [0.1, 0.15) is 40.5 Å². The highest BCUT2D eigenvalue weighted by Gasteiger charge is 2.30. The summed E-state index contributed by atoms with van der Waals surface area (Å²) in [6, 6.07) is 12.0. The van der Waals surface area contributed by atoms with Crippen LogP contribution in [0.4, 0.5) is 13.2 Å². The fourth-order valence-corrected chi connectivity index (χ4v) is 2.84. The van der Waals surface area contributed by atoms with Crippen molar-refractivity contribution in [3.05, 3.63) is 77.1 Å². The van der Waals surface area contributed by atoms with Gasteiger partial charge in [-0.2, -0.15) is 13.2 Å². The van der Waals surface area contributed by atoms with Gasteiger partial charge in [-0.15, -0.1) is 0 Å². The first-order valence-corrected chi connectivity index (χ1v) is 9.79. The summed E-state index contributed by atoms with van der Waals surface area (Å²) < 4.78 is 43.7. The van der Waals surface area contributed by atoms with E-state index in [0.717, 1.165) is 29.9 Å². The molecular formula is C23H22F3N3O2. The molecule has 1 aromatic heterocycles. The van der Waals surface area contributed by atoms with Crippen molar-refractivity contribution >= 4 is 5.91 Å². The molecule has 2 aromatic carbocycles. The molecule has 0 unspecified atom stereocenters. The van der Waals surface area contributed by atoms with E-state index < -0.39 is 11.7 Å². The summed E-state index contributed by atoms with van der Waals surface area (Å²) in [5.74, 6) is 0.702. The van der Waals surface area contributed by atoms with Crippen LogP contribution in [-0.4, -0.2) is 22.5 Å². The van der Waals surface area contributed by atoms with Gasteiger partial charge in [-0.1, -0.05) is 31.2 Å². The Morgan fingerprint density at radius 3 is 2.32 bits per heavy atom. The molecule has 3 aromatic rings. The number of aryl methyl sites for hydroxylation is 1. The molecule has 8 heteroatoms. The topological polar surface area (TPSA) is 64.1 Å². The van der Waals surface area contributed by atoms with Crippen LogP contribution in [-0.2, 0) is 12.7 Å². The zero-order chi connectivity index (χ0) is 22.4. The predicted octanol–water partition coefficient (Wildman–Crippen LogP) is 5.19. The third kappa shape index (κ3) is 5.81. The van der Waals surface area contributed by atoms with E-state index in [1.807, 2.05) is 31.2 Å². The third-order valence-corrected chi connectivity index (χ3v) is 4.54. The number of carbonyl (C=O) groups excluding carboxylic acids is 1. The van der Waals surface area contributed by atoms with Gasteiger partial charge >= 0.3 is 6.18 Å². The second-order valence-corrected chi connectivity index (χ2v) is 6.94. The van der Waals surface area contributed by atoms with Gasteiger partial charge in [0.2, 0.25) is 0 Å². The van der Waals surface area contributed by atoms with E-state index in [-0.39, 0.29) is 11.7 Å². The molecule has 0 aliphatic heterocycles. The summed E-state index contributed by atoms with van der Waals surface area (Å²) in [6.07, 6.45) is -2.09. The highest BCUT2D eigenvalue weighted by molar-refractivity contribution is 5.95. The molecule has 31 heavy (non-hydrogen) atoms. The maximum Gasteiger partial charge on any atom is 0.416 e. The molecule has 1 N–H and O–H groups in total. The Morgan fingerprint density at radius 1 is 1.06 bits per heavy atom. The molecule has 162 valence electrons. The third-order valence-electron chi connectivity index (χ3n) is 4.54. The number of alkyl halides is 3. The van der Waals surface area contributed by atoms with Crippen molar-refractivity contribution < 1.29 is 22.7 Å². The summed E-state index contributed by atoms with van der Waals surface area (Å²) in [5.41, 5.74) is 1.35. The molecule has 0 atom stereocenters. The first-order valence-electron chi connectivity index (χ1n) is 9.79. The molecule has 0 radical (unpaired) electrons. The van der Waals surface area contributed by atoms with Crippen LogP contribution >= 0.6 is 0 Å². The molecule has 0 aliphatic rings. The molecular weight excluding hydrogens is 407 g/mol. The molecule has 0 fully saturated rings. The van der Waals surface area contributed by atoms with Gasteiger partial charge in [0.05, 0.1) is 23.4 Å². The van der Waals surface area contributed by atoms with Crippen molar-refractivity contribution in [1.29, 1.82) is 0 Å². The number of amides is 1. The monoisotopic (exact) mass is 429 g/mol. The standard InChI is InChI=1S/C23H22F3N3O2/c1-3-12-31-19-10-4-16(5-11-19)13-28-22(30)20-14-27-21(29-15(20)2)17-6-8-18(9-7-17)23(24,25)26/h4-11,14H,3,12-13H2,1-2H3,(H,28,30). The minimum atomic E-state index is -4.40. The average Bonchev–Trinajstić information content (AvgIpc) is 2.76. The van der Waals surface area contributed by atoms with Gasteiger partial charge in [-0.3, -0.25) is 4.79 Å². The van der Waals surface area contributed by atoms with E-state index in [4.69, 9.17) is 4.74 Å². The summed E-state index contributed by atoms with van der Waals surface area (Å²) in [6.45, 7) is 4.67. The largest absolute Gasteiger partial charge is 0.494 e. The van der Waals surface area contributed by atoms with E-state index in [1.165, 1.54) is 18.3 Å². The molecule has 0 spiro atoms. The summed E-state index contributed by atoms with van der Waals surface area (Å²) >= 11 is 0. The van der Waals surface area contributed by atoms with E-state index in [2.05, 4.69) is 15.3 Å². The lowest BCUT2D eigenvalue weighted by atomic mass is 10.1. The zero-order valence-electron chi connectivity index (χ0n) is 17.2. The quantitative estimate of drug-likeness (QED) is 0.561. The SMILES string of the molecule is CCCOc1ccc(CNC(=O)c2cnc(-c3ccc(C(F)(F)F)cc3)nc2C)cc1.